The van der Waals surface area contributed by atoms with Crippen LogP contribution in [0.15, 0.2) is 45.4 Å². The number of rotatable bonds is 4. The number of nitrogens with zero attached hydrogens (tertiary/aromatic N) is 2. The molecule has 5 heteroatoms. The number of ether oxygens (including phenoxy) is 1. The molecule has 2 aromatic heterocycles. The van der Waals surface area contributed by atoms with Crippen molar-refractivity contribution in [2.75, 3.05) is 0 Å². The lowest BCUT2D eigenvalue weighted by Crippen LogP contribution is -1.98. The molecule has 0 radical (unpaired) electrons. The van der Waals surface area contributed by atoms with E-state index in [4.69, 9.17) is 13.8 Å². The van der Waals surface area contributed by atoms with Gasteiger partial charge in [-0.1, -0.05) is 35.5 Å². The van der Waals surface area contributed by atoms with Gasteiger partial charge in [0.1, 0.15) is 23.8 Å². The summed E-state index contributed by atoms with van der Waals surface area (Å²) in [4.78, 5) is 0. The highest BCUT2D eigenvalue weighted by Gasteiger charge is 2.15. The molecule has 0 amide bonds. The third-order valence-electron chi connectivity index (χ3n) is 3.00. The van der Waals surface area contributed by atoms with Crippen molar-refractivity contribution in [2.45, 2.75) is 20.5 Å². The molecule has 0 N–H and O–H groups in total. The number of aromatic nitrogens is 2. The Labute approximate surface area is 116 Å². The van der Waals surface area contributed by atoms with Crippen molar-refractivity contribution in [3.63, 3.8) is 0 Å². The average Bonchev–Trinajstić information content (AvgIpc) is 3.04. The zero-order chi connectivity index (χ0) is 13.9. The second-order valence-electron chi connectivity index (χ2n) is 4.50. The summed E-state index contributed by atoms with van der Waals surface area (Å²) in [6.45, 7) is 4.03. The maximum absolute atomic E-state index is 5.61. The van der Waals surface area contributed by atoms with Crippen LogP contribution < -0.4 is 4.74 Å². The molecule has 5 nitrogen and oxygen atoms in total. The third kappa shape index (κ3) is 2.42. The molecule has 0 bridgehead atoms. The van der Waals surface area contributed by atoms with Crippen LogP contribution >= 0.6 is 0 Å². The van der Waals surface area contributed by atoms with Gasteiger partial charge in [-0.25, -0.2) is 0 Å². The van der Waals surface area contributed by atoms with Crippen molar-refractivity contribution >= 4 is 0 Å². The van der Waals surface area contributed by atoms with Crippen molar-refractivity contribution in [2.24, 2.45) is 0 Å². The van der Waals surface area contributed by atoms with Gasteiger partial charge in [0, 0.05) is 11.6 Å². The quantitative estimate of drug-likeness (QED) is 0.725. The van der Waals surface area contributed by atoms with Crippen LogP contribution in [0.4, 0.5) is 0 Å². The number of hydrogen-bond donors (Lipinski definition) is 0. The van der Waals surface area contributed by atoms with Gasteiger partial charge in [-0.2, -0.15) is 0 Å². The summed E-state index contributed by atoms with van der Waals surface area (Å²) in [6.07, 6.45) is 0. The lowest BCUT2D eigenvalue weighted by Gasteiger charge is -2.03. The fourth-order valence-electron chi connectivity index (χ4n) is 1.94. The van der Waals surface area contributed by atoms with Gasteiger partial charge < -0.3 is 13.8 Å². The highest BCUT2D eigenvalue weighted by molar-refractivity contribution is 5.63. The van der Waals surface area contributed by atoms with Gasteiger partial charge in [0.2, 0.25) is 0 Å². The first-order chi connectivity index (χ1) is 9.74. The van der Waals surface area contributed by atoms with E-state index in [1.54, 1.807) is 6.07 Å². The smallest absolute Gasteiger partial charge is 0.254 e. The molecular weight excluding hydrogens is 256 g/mol. The molecule has 0 aliphatic rings. The molecule has 0 fully saturated rings. The average molecular weight is 270 g/mol. The van der Waals surface area contributed by atoms with Crippen molar-refractivity contribution in [3.05, 3.63) is 53.5 Å². The predicted octanol–water partition coefficient (Wildman–Crippen LogP) is 3.53. The molecule has 0 saturated heterocycles. The van der Waals surface area contributed by atoms with E-state index in [2.05, 4.69) is 10.3 Å². The largest absolute Gasteiger partial charge is 0.470 e. The molecule has 0 saturated carbocycles. The monoisotopic (exact) mass is 270 g/mol. The summed E-state index contributed by atoms with van der Waals surface area (Å²) >= 11 is 0. The second kappa shape index (κ2) is 5.21. The van der Waals surface area contributed by atoms with E-state index in [0.29, 0.717) is 18.2 Å². The lowest BCUT2D eigenvalue weighted by molar-refractivity contribution is 0.265. The van der Waals surface area contributed by atoms with Crippen LogP contribution in [0.25, 0.3) is 11.3 Å². The molecule has 1 aromatic carbocycles. The molecule has 0 unspecified atom stereocenters. The summed E-state index contributed by atoms with van der Waals surface area (Å²) in [5.74, 6) is 1.91. The van der Waals surface area contributed by atoms with Crippen molar-refractivity contribution in [1.29, 1.82) is 0 Å². The highest BCUT2D eigenvalue weighted by atomic mass is 16.5. The number of benzene rings is 1. The molecule has 3 aromatic rings. The Morgan fingerprint density at radius 3 is 2.55 bits per heavy atom. The van der Waals surface area contributed by atoms with Gasteiger partial charge >= 0.3 is 0 Å². The van der Waals surface area contributed by atoms with Crippen molar-refractivity contribution in [3.8, 4) is 17.1 Å². The fraction of sp³-hybridized carbons (Fsp3) is 0.200. The Balaban J connectivity index is 1.84. The van der Waals surface area contributed by atoms with E-state index in [9.17, 15) is 0 Å². The van der Waals surface area contributed by atoms with E-state index in [0.717, 1.165) is 22.6 Å². The first-order valence-corrected chi connectivity index (χ1v) is 6.30. The normalized spacial score (nSPS) is 10.7. The van der Waals surface area contributed by atoms with E-state index < -0.39 is 0 Å². The van der Waals surface area contributed by atoms with Crippen LogP contribution in [0.5, 0.6) is 5.88 Å². The molecule has 102 valence electrons. The van der Waals surface area contributed by atoms with Crippen LogP contribution in [-0.2, 0) is 6.61 Å². The SMILES string of the molecule is Cc1cc(OCc2c(-c3ccccc3)noc2C)no1. The number of aryl methyl sites for hydroxylation is 2. The van der Waals surface area contributed by atoms with Crippen molar-refractivity contribution < 1.29 is 13.8 Å². The standard InChI is InChI=1S/C15H14N2O3/c1-10-8-14(16-19-10)18-9-13-11(2)20-17-15(13)12-6-4-3-5-7-12/h3-8H,9H2,1-2H3. The molecule has 0 aliphatic heterocycles. The summed E-state index contributed by atoms with van der Waals surface area (Å²) in [6, 6.07) is 11.6. The van der Waals surface area contributed by atoms with E-state index in [1.165, 1.54) is 0 Å². The van der Waals surface area contributed by atoms with Crippen LogP contribution in [0.1, 0.15) is 17.1 Å². The maximum Gasteiger partial charge on any atom is 0.254 e. The molecule has 0 aliphatic carbocycles. The Bertz CT molecular complexity index is 701. The van der Waals surface area contributed by atoms with E-state index in [1.807, 2.05) is 44.2 Å². The zero-order valence-corrected chi connectivity index (χ0v) is 11.3. The predicted molar refractivity (Wildman–Crippen MR) is 72.2 cm³/mol. The highest BCUT2D eigenvalue weighted by Crippen LogP contribution is 2.26. The minimum absolute atomic E-state index is 0.339. The molecule has 0 spiro atoms. The number of hydrogen-bond acceptors (Lipinski definition) is 5. The second-order valence-corrected chi connectivity index (χ2v) is 4.50. The Morgan fingerprint density at radius 1 is 1.05 bits per heavy atom. The zero-order valence-electron chi connectivity index (χ0n) is 11.3. The van der Waals surface area contributed by atoms with Gasteiger partial charge in [-0.05, 0) is 19.0 Å². The van der Waals surface area contributed by atoms with E-state index >= 15 is 0 Å². The van der Waals surface area contributed by atoms with Gasteiger partial charge in [-0.15, -0.1) is 0 Å². The molecule has 2 heterocycles. The molecule has 20 heavy (non-hydrogen) atoms. The van der Waals surface area contributed by atoms with Gasteiger partial charge in [0.05, 0.1) is 5.56 Å². The van der Waals surface area contributed by atoms with Gasteiger partial charge in [0.15, 0.2) is 0 Å². The minimum atomic E-state index is 0.339. The van der Waals surface area contributed by atoms with Crippen LogP contribution in [0, 0.1) is 13.8 Å². The molecule has 3 rings (SSSR count). The van der Waals surface area contributed by atoms with Crippen LogP contribution in [0.3, 0.4) is 0 Å². The third-order valence-corrected chi connectivity index (χ3v) is 3.00. The molecular formula is C15H14N2O3. The lowest BCUT2D eigenvalue weighted by atomic mass is 10.1. The Hall–Kier alpha value is -2.56. The minimum Gasteiger partial charge on any atom is -0.470 e. The van der Waals surface area contributed by atoms with Crippen molar-refractivity contribution in [1.82, 2.24) is 10.3 Å². The Morgan fingerprint density at radius 2 is 1.85 bits per heavy atom. The van der Waals surface area contributed by atoms with Crippen LogP contribution in [0.2, 0.25) is 0 Å². The Kier molecular flexibility index (Phi) is 3.25. The topological polar surface area (TPSA) is 61.3 Å². The summed E-state index contributed by atoms with van der Waals surface area (Å²) in [7, 11) is 0. The summed E-state index contributed by atoms with van der Waals surface area (Å²) < 4.78 is 15.8. The fourth-order valence-corrected chi connectivity index (χ4v) is 1.94. The van der Waals surface area contributed by atoms with E-state index in [-0.39, 0.29) is 0 Å². The molecule has 0 atom stereocenters. The summed E-state index contributed by atoms with van der Waals surface area (Å²) in [5, 5.41) is 7.90. The van der Waals surface area contributed by atoms with Gasteiger partial charge in [-0.3, -0.25) is 0 Å². The maximum atomic E-state index is 5.61. The summed E-state index contributed by atoms with van der Waals surface area (Å²) in [5.41, 5.74) is 2.71. The first-order valence-electron chi connectivity index (χ1n) is 6.30. The van der Waals surface area contributed by atoms with Gasteiger partial charge in [0.25, 0.3) is 5.88 Å². The first kappa shape index (κ1) is 12.5. The van der Waals surface area contributed by atoms with Crippen LogP contribution in [-0.4, -0.2) is 10.3 Å².